The van der Waals surface area contributed by atoms with E-state index in [4.69, 9.17) is 5.11 Å². The van der Waals surface area contributed by atoms with Crippen LogP contribution in [0.25, 0.3) is 0 Å². The number of H-pyrrole nitrogens is 1. The summed E-state index contributed by atoms with van der Waals surface area (Å²) >= 11 is 1.14. The lowest BCUT2D eigenvalue weighted by Gasteiger charge is -2.10. The quantitative estimate of drug-likeness (QED) is 0.798. The van der Waals surface area contributed by atoms with E-state index < -0.39 is 5.97 Å². The average molecular weight is 298 g/mol. The number of rotatable bonds is 5. The minimum atomic E-state index is -0.918. The Kier molecular flexibility index (Phi) is 4.38. The van der Waals surface area contributed by atoms with E-state index in [9.17, 15) is 14.4 Å². The molecule has 2 N–H and O–H groups in total. The molecule has 1 unspecified atom stereocenters. The molecular weight excluding hydrogens is 284 g/mol. The van der Waals surface area contributed by atoms with Crippen LogP contribution < -0.4 is 4.90 Å². The van der Waals surface area contributed by atoms with Crippen LogP contribution >= 0.6 is 11.8 Å². The normalized spacial score (nSPS) is 18.6. The fraction of sp³-hybridized carbons (Fsp3) is 0.545. The number of carbonyl (C=O) groups excluding carboxylic acids is 2. The van der Waals surface area contributed by atoms with Crippen molar-refractivity contribution in [2.24, 2.45) is 0 Å². The zero-order valence-corrected chi connectivity index (χ0v) is 11.6. The summed E-state index contributed by atoms with van der Waals surface area (Å²) in [5.41, 5.74) is 0. The summed E-state index contributed by atoms with van der Waals surface area (Å²) in [5.74, 6) is -0.384. The average Bonchev–Trinajstić information content (AvgIpc) is 2.92. The summed E-state index contributed by atoms with van der Waals surface area (Å²) < 4.78 is 0. The first kappa shape index (κ1) is 14.5. The predicted molar refractivity (Wildman–Crippen MR) is 71.4 cm³/mol. The SMILES string of the molecule is CC(=O)SC1CC(=O)N(c2n[nH]c(CCC(=O)O)n2)C1. The molecule has 1 aromatic heterocycles. The van der Waals surface area contributed by atoms with Gasteiger partial charge >= 0.3 is 5.97 Å². The van der Waals surface area contributed by atoms with Crippen molar-refractivity contribution < 1.29 is 19.5 Å². The number of aliphatic carboxylic acids is 1. The van der Waals surface area contributed by atoms with Gasteiger partial charge in [0.25, 0.3) is 5.95 Å². The molecule has 1 amide bonds. The van der Waals surface area contributed by atoms with Crippen molar-refractivity contribution in [3.8, 4) is 0 Å². The maximum absolute atomic E-state index is 11.9. The first-order chi connectivity index (χ1) is 9.45. The molecule has 1 atom stereocenters. The van der Waals surface area contributed by atoms with Gasteiger partial charge in [0.2, 0.25) is 5.91 Å². The fourth-order valence-corrected chi connectivity index (χ4v) is 2.84. The molecule has 20 heavy (non-hydrogen) atoms. The Hall–Kier alpha value is -1.90. The summed E-state index contributed by atoms with van der Waals surface area (Å²) in [6.07, 6.45) is 0.463. The highest BCUT2D eigenvalue weighted by Gasteiger charge is 2.33. The third-order valence-electron chi connectivity index (χ3n) is 2.76. The van der Waals surface area contributed by atoms with Gasteiger partial charge in [-0.25, -0.2) is 0 Å². The molecule has 1 aromatic rings. The number of carbonyl (C=O) groups is 3. The number of anilines is 1. The maximum atomic E-state index is 11.9. The Morgan fingerprint density at radius 2 is 2.30 bits per heavy atom. The number of nitrogens with zero attached hydrogens (tertiary/aromatic N) is 3. The molecule has 0 saturated carbocycles. The third kappa shape index (κ3) is 3.56. The van der Waals surface area contributed by atoms with E-state index in [2.05, 4.69) is 15.2 Å². The first-order valence-electron chi connectivity index (χ1n) is 6.06. The lowest BCUT2D eigenvalue weighted by molar-refractivity contribution is -0.137. The molecule has 9 heteroatoms. The number of carboxylic acid groups (broad SMARTS) is 1. The minimum absolute atomic E-state index is 0.0261. The molecule has 1 aliphatic rings. The Bertz CT molecular complexity index is 544. The second-order valence-electron chi connectivity index (χ2n) is 4.42. The standard InChI is InChI=1S/C11H14N4O4S/c1-6(16)20-7-4-9(17)15(5-7)11-12-8(13-14-11)2-3-10(18)19/h7H,2-5H2,1H3,(H,18,19)(H,12,13,14). The maximum Gasteiger partial charge on any atom is 0.303 e. The Labute approximate surface area is 118 Å². The monoisotopic (exact) mass is 298 g/mol. The number of aromatic amines is 1. The number of carboxylic acids is 1. The molecule has 2 rings (SSSR count). The molecule has 0 radical (unpaired) electrons. The second-order valence-corrected chi connectivity index (χ2v) is 5.89. The fourth-order valence-electron chi connectivity index (χ4n) is 1.92. The summed E-state index contributed by atoms with van der Waals surface area (Å²) in [7, 11) is 0. The van der Waals surface area contributed by atoms with Crippen molar-refractivity contribution in [2.75, 3.05) is 11.4 Å². The van der Waals surface area contributed by atoms with Gasteiger partial charge in [-0.2, -0.15) is 4.98 Å². The lowest BCUT2D eigenvalue weighted by atomic mass is 10.3. The Morgan fingerprint density at radius 3 is 2.95 bits per heavy atom. The van der Waals surface area contributed by atoms with E-state index >= 15 is 0 Å². The second kappa shape index (κ2) is 6.04. The predicted octanol–water partition coefficient (Wildman–Crippen LogP) is 0.207. The smallest absolute Gasteiger partial charge is 0.303 e. The van der Waals surface area contributed by atoms with Gasteiger partial charge in [0, 0.05) is 31.6 Å². The molecule has 1 saturated heterocycles. The number of hydrogen-bond acceptors (Lipinski definition) is 6. The molecule has 0 spiro atoms. The first-order valence-corrected chi connectivity index (χ1v) is 6.94. The number of thioether (sulfide) groups is 1. The van der Waals surface area contributed by atoms with E-state index in [1.54, 1.807) is 0 Å². The van der Waals surface area contributed by atoms with Crippen LogP contribution in [0.2, 0.25) is 0 Å². The third-order valence-corrected chi connectivity index (χ3v) is 3.74. The zero-order valence-electron chi connectivity index (χ0n) is 10.8. The number of aromatic nitrogens is 3. The van der Waals surface area contributed by atoms with Crippen molar-refractivity contribution in [2.45, 2.75) is 31.4 Å². The molecule has 2 heterocycles. The van der Waals surface area contributed by atoms with Gasteiger partial charge in [-0.05, 0) is 0 Å². The number of amides is 1. The van der Waals surface area contributed by atoms with Gasteiger partial charge in [-0.15, -0.1) is 5.10 Å². The topological polar surface area (TPSA) is 116 Å². The summed E-state index contributed by atoms with van der Waals surface area (Å²) in [6.45, 7) is 1.86. The van der Waals surface area contributed by atoms with E-state index in [0.717, 1.165) is 11.8 Å². The molecule has 1 aliphatic heterocycles. The van der Waals surface area contributed by atoms with Crippen LogP contribution in [0, 0.1) is 0 Å². The number of aryl methyl sites for hydroxylation is 1. The highest BCUT2D eigenvalue weighted by Crippen LogP contribution is 2.26. The minimum Gasteiger partial charge on any atom is -0.481 e. The van der Waals surface area contributed by atoms with Crippen LogP contribution in [-0.4, -0.2) is 49.1 Å². The van der Waals surface area contributed by atoms with Gasteiger partial charge in [0.1, 0.15) is 5.82 Å². The molecule has 0 aromatic carbocycles. The highest BCUT2D eigenvalue weighted by atomic mass is 32.2. The molecule has 108 valence electrons. The zero-order chi connectivity index (χ0) is 14.7. The molecular formula is C11H14N4O4S. The molecule has 0 bridgehead atoms. The molecule has 8 nitrogen and oxygen atoms in total. The van der Waals surface area contributed by atoms with Crippen molar-refractivity contribution in [1.29, 1.82) is 0 Å². The van der Waals surface area contributed by atoms with E-state index in [1.807, 2.05) is 0 Å². The van der Waals surface area contributed by atoms with Crippen molar-refractivity contribution in [3.05, 3.63) is 5.82 Å². The summed E-state index contributed by atoms with van der Waals surface area (Å²) in [6, 6.07) is 0. The van der Waals surface area contributed by atoms with E-state index in [-0.39, 0.29) is 41.5 Å². The summed E-state index contributed by atoms with van der Waals surface area (Å²) in [5, 5.41) is 15.0. The summed E-state index contributed by atoms with van der Waals surface area (Å²) in [4.78, 5) is 38.9. The molecule has 0 aliphatic carbocycles. The number of hydrogen-bond donors (Lipinski definition) is 2. The van der Waals surface area contributed by atoms with Crippen molar-refractivity contribution >= 4 is 34.7 Å². The van der Waals surface area contributed by atoms with Gasteiger partial charge < -0.3 is 5.11 Å². The van der Waals surface area contributed by atoms with Gasteiger partial charge in [-0.3, -0.25) is 24.4 Å². The van der Waals surface area contributed by atoms with Crippen molar-refractivity contribution in [1.82, 2.24) is 15.2 Å². The number of nitrogens with one attached hydrogen (secondary N) is 1. The molecule has 1 fully saturated rings. The largest absolute Gasteiger partial charge is 0.481 e. The Morgan fingerprint density at radius 1 is 1.55 bits per heavy atom. The van der Waals surface area contributed by atoms with E-state index in [0.29, 0.717) is 12.4 Å². The van der Waals surface area contributed by atoms with E-state index in [1.165, 1.54) is 11.8 Å². The van der Waals surface area contributed by atoms with Crippen LogP contribution in [-0.2, 0) is 20.8 Å². The highest BCUT2D eigenvalue weighted by molar-refractivity contribution is 8.14. The van der Waals surface area contributed by atoms with Crippen LogP contribution in [0.15, 0.2) is 0 Å². The van der Waals surface area contributed by atoms with Crippen LogP contribution in [0.5, 0.6) is 0 Å². The van der Waals surface area contributed by atoms with Gasteiger partial charge in [0.05, 0.1) is 6.42 Å². The van der Waals surface area contributed by atoms with Crippen molar-refractivity contribution in [3.63, 3.8) is 0 Å². The Balaban J connectivity index is 1.99. The van der Waals surface area contributed by atoms with Gasteiger partial charge in [-0.1, -0.05) is 11.8 Å². The van der Waals surface area contributed by atoms with Gasteiger partial charge in [0.15, 0.2) is 5.12 Å². The van der Waals surface area contributed by atoms with Crippen LogP contribution in [0.1, 0.15) is 25.6 Å². The van der Waals surface area contributed by atoms with Crippen LogP contribution in [0.3, 0.4) is 0 Å². The lowest BCUT2D eigenvalue weighted by Crippen LogP contribution is -2.26. The van der Waals surface area contributed by atoms with Crippen LogP contribution in [0.4, 0.5) is 5.95 Å².